The summed E-state index contributed by atoms with van der Waals surface area (Å²) >= 11 is 1.14. The molecule has 6 nitrogen and oxygen atoms in total. The molecule has 0 amide bonds. The monoisotopic (exact) mass is 612 g/mol. The summed E-state index contributed by atoms with van der Waals surface area (Å²) in [6, 6.07) is 29.0. The Balaban J connectivity index is 1.25. The molecule has 0 fully saturated rings. The van der Waals surface area contributed by atoms with Crippen molar-refractivity contribution in [1.29, 1.82) is 0 Å². The van der Waals surface area contributed by atoms with Crippen LogP contribution in [0, 0.1) is 23.7 Å². The van der Waals surface area contributed by atoms with Gasteiger partial charge in [-0.15, -0.1) is 0 Å². The van der Waals surface area contributed by atoms with E-state index in [0.29, 0.717) is 30.1 Å². The molecular formula is C38H28O6S. The third kappa shape index (κ3) is 10.8. The molecule has 0 saturated heterocycles. The third-order valence-corrected chi connectivity index (χ3v) is 6.88. The van der Waals surface area contributed by atoms with E-state index < -0.39 is 11.9 Å². The maximum Gasteiger partial charge on any atom is 0.335 e. The molecule has 0 aromatic heterocycles. The third-order valence-electron chi connectivity index (χ3n) is 5.95. The zero-order chi connectivity index (χ0) is 31.9. The van der Waals surface area contributed by atoms with Crippen LogP contribution in [0.1, 0.15) is 39.0 Å². The Morgan fingerprint density at radius 1 is 0.600 bits per heavy atom. The molecule has 0 bridgehead atoms. The van der Waals surface area contributed by atoms with Gasteiger partial charge in [-0.2, -0.15) is 0 Å². The fourth-order valence-electron chi connectivity index (χ4n) is 3.63. The number of hydrogen-bond acceptors (Lipinski definition) is 7. The van der Waals surface area contributed by atoms with Gasteiger partial charge in [-0.3, -0.25) is 4.79 Å². The van der Waals surface area contributed by atoms with Gasteiger partial charge in [0.05, 0.1) is 13.2 Å². The summed E-state index contributed by atoms with van der Waals surface area (Å²) in [4.78, 5) is 35.9. The molecule has 4 aromatic rings. The maximum atomic E-state index is 12.8. The predicted molar refractivity (Wildman–Crippen MR) is 175 cm³/mol. The van der Waals surface area contributed by atoms with E-state index in [1.54, 1.807) is 48.5 Å². The van der Waals surface area contributed by atoms with Crippen LogP contribution in [0.3, 0.4) is 0 Å². The molecule has 0 aliphatic rings. The largest absolute Gasteiger partial charge is 0.493 e. The van der Waals surface area contributed by atoms with Crippen LogP contribution in [0.4, 0.5) is 0 Å². The van der Waals surface area contributed by atoms with Crippen LogP contribution >= 0.6 is 11.8 Å². The normalized spacial score (nSPS) is 9.78. The summed E-state index contributed by atoms with van der Waals surface area (Å²) in [5.41, 5.74) is 3.85. The zero-order valence-electron chi connectivity index (χ0n) is 24.3. The molecular weight excluding hydrogens is 584 g/mol. The lowest BCUT2D eigenvalue weighted by Crippen LogP contribution is -2.06. The molecule has 0 heterocycles. The average molecular weight is 613 g/mol. The minimum atomic E-state index is -0.509. The molecule has 0 aliphatic carbocycles. The average Bonchev–Trinajstić information content (AvgIpc) is 3.08. The van der Waals surface area contributed by atoms with E-state index in [-0.39, 0.29) is 11.7 Å². The summed E-state index contributed by atoms with van der Waals surface area (Å²) in [7, 11) is 0. The first-order valence-corrected chi connectivity index (χ1v) is 14.7. The molecule has 0 atom stereocenters. The Morgan fingerprint density at radius 2 is 1.07 bits per heavy atom. The number of benzene rings is 4. The van der Waals surface area contributed by atoms with Gasteiger partial charge in [0.2, 0.25) is 5.12 Å². The number of esters is 2. The van der Waals surface area contributed by atoms with E-state index in [1.165, 1.54) is 0 Å². The molecule has 0 unspecified atom stereocenters. The highest BCUT2D eigenvalue weighted by atomic mass is 32.2. The fraction of sp³-hybridized carbons (Fsp3) is 0.0789. The summed E-state index contributed by atoms with van der Waals surface area (Å²) in [6.07, 6.45) is 2.80. The van der Waals surface area contributed by atoms with Crippen molar-refractivity contribution in [2.45, 2.75) is 11.3 Å². The minimum Gasteiger partial charge on any atom is -0.493 e. The van der Waals surface area contributed by atoms with Crippen LogP contribution in [-0.4, -0.2) is 30.3 Å². The van der Waals surface area contributed by atoms with Gasteiger partial charge >= 0.3 is 11.9 Å². The van der Waals surface area contributed by atoms with E-state index in [4.69, 9.17) is 14.2 Å². The number of ether oxygens (including phenoxy) is 3. The lowest BCUT2D eigenvalue weighted by molar-refractivity contribution is -0.138. The minimum absolute atomic E-state index is 0.0732. The van der Waals surface area contributed by atoms with E-state index in [9.17, 15) is 14.4 Å². The van der Waals surface area contributed by atoms with Gasteiger partial charge < -0.3 is 14.2 Å². The fourth-order valence-corrected chi connectivity index (χ4v) is 4.37. The van der Waals surface area contributed by atoms with Gasteiger partial charge in [-0.05, 0) is 109 Å². The van der Waals surface area contributed by atoms with E-state index in [0.717, 1.165) is 51.1 Å². The molecule has 4 aromatic carbocycles. The number of thioether (sulfide) groups is 1. The number of carbonyl (C=O) groups is 3. The molecule has 4 rings (SSSR count). The smallest absolute Gasteiger partial charge is 0.335 e. The van der Waals surface area contributed by atoms with Crippen molar-refractivity contribution >= 4 is 28.8 Å². The van der Waals surface area contributed by atoms with Gasteiger partial charge in [-0.1, -0.05) is 36.8 Å². The lowest BCUT2D eigenvalue weighted by Gasteiger charge is -2.07. The second kappa shape index (κ2) is 16.8. The lowest BCUT2D eigenvalue weighted by atomic mass is 10.1. The Morgan fingerprint density at radius 3 is 1.58 bits per heavy atom. The highest BCUT2D eigenvalue weighted by Gasteiger charge is 2.08. The standard InChI is InChI=1S/C38H28O6S/c1-3-36(39)43-27-5-26-42-33-22-24-35(25-23-33)45-38(41)32-18-14-30(15-19-32)12-10-28-6-8-29(9-7-28)11-13-31-16-20-34(21-17-31)44-37(40)4-2/h3-4,6-9,14-25H,1-2,5,26-27H2. The van der Waals surface area contributed by atoms with Gasteiger partial charge in [0.25, 0.3) is 0 Å². The van der Waals surface area contributed by atoms with Crippen LogP contribution < -0.4 is 9.47 Å². The van der Waals surface area contributed by atoms with Crippen LogP contribution in [-0.2, 0) is 14.3 Å². The Hall–Kier alpha value is -5.76. The van der Waals surface area contributed by atoms with Gasteiger partial charge in [0.1, 0.15) is 11.5 Å². The van der Waals surface area contributed by atoms with Crippen molar-refractivity contribution < 1.29 is 28.6 Å². The molecule has 0 radical (unpaired) electrons. The topological polar surface area (TPSA) is 78.9 Å². The van der Waals surface area contributed by atoms with Crippen LogP contribution in [0.5, 0.6) is 11.5 Å². The SMILES string of the molecule is C=CC(=O)OCCCOc1ccc(SC(=O)c2ccc(C#Cc3ccc(C#Cc4ccc(OC(=O)C=C)cc4)cc3)cc2)cc1. The first-order valence-electron chi connectivity index (χ1n) is 13.8. The van der Waals surface area contributed by atoms with Gasteiger partial charge in [0, 0.05) is 51.3 Å². The molecule has 45 heavy (non-hydrogen) atoms. The first kappa shape index (κ1) is 32.2. The van der Waals surface area contributed by atoms with Crippen molar-refractivity contribution in [3.63, 3.8) is 0 Å². The Kier molecular flexibility index (Phi) is 12.0. The van der Waals surface area contributed by atoms with Crippen molar-refractivity contribution in [3.05, 3.63) is 150 Å². The summed E-state index contributed by atoms with van der Waals surface area (Å²) in [5, 5.41) is -0.0732. The van der Waals surface area contributed by atoms with Crippen molar-refractivity contribution in [1.82, 2.24) is 0 Å². The first-order chi connectivity index (χ1) is 21.9. The summed E-state index contributed by atoms with van der Waals surface area (Å²) in [6.45, 7) is 7.39. The van der Waals surface area contributed by atoms with E-state index >= 15 is 0 Å². The van der Waals surface area contributed by atoms with Crippen molar-refractivity contribution in [2.75, 3.05) is 13.2 Å². The second-order valence-electron chi connectivity index (χ2n) is 9.24. The molecule has 0 N–H and O–H groups in total. The molecule has 0 saturated carbocycles. The van der Waals surface area contributed by atoms with Crippen LogP contribution in [0.25, 0.3) is 0 Å². The zero-order valence-corrected chi connectivity index (χ0v) is 25.1. The maximum absolute atomic E-state index is 12.8. The van der Waals surface area contributed by atoms with E-state index in [2.05, 4.69) is 36.8 Å². The number of hydrogen-bond donors (Lipinski definition) is 0. The molecule has 7 heteroatoms. The highest BCUT2D eigenvalue weighted by molar-refractivity contribution is 8.14. The van der Waals surface area contributed by atoms with E-state index in [1.807, 2.05) is 48.5 Å². The Labute approximate surface area is 266 Å². The molecule has 0 spiro atoms. The quantitative estimate of drug-likeness (QED) is 0.0476. The molecule has 0 aliphatic heterocycles. The highest BCUT2D eigenvalue weighted by Crippen LogP contribution is 2.25. The van der Waals surface area contributed by atoms with Gasteiger partial charge in [0.15, 0.2) is 0 Å². The summed E-state index contributed by atoms with van der Waals surface area (Å²) < 4.78 is 15.6. The van der Waals surface area contributed by atoms with Crippen LogP contribution in [0.15, 0.2) is 127 Å². The van der Waals surface area contributed by atoms with Gasteiger partial charge in [-0.25, -0.2) is 9.59 Å². The summed E-state index contributed by atoms with van der Waals surface area (Å²) in [5.74, 6) is 12.6. The predicted octanol–water partition coefficient (Wildman–Crippen LogP) is 7.01. The number of carbonyl (C=O) groups excluding carboxylic acids is 3. The second-order valence-corrected chi connectivity index (χ2v) is 10.3. The number of rotatable bonds is 10. The van der Waals surface area contributed by atoms with Crippen molar-refractivity contribution in [3.8, 4) is 35.2 Å². The molecule has 222 valence electrons. The Bertz CT molecular complexity index is 1780. The van der Waals surface area contributed by atoms with Crippen LogP contribution in [0.2, 0.25) is 0 Å². The van der Waals surface area contributed by atoms with Crippen molar-refractivity contribution in [2.24, 2.45) is 0 Å².